The van der Waals surface area contributed by atoms with Crippen LogP contribution in [0.15, 0.2) is 67.1 Å². The van der Waals surface area contributed by atoms with E-state index in [1.807, 2.05) is 66.1 Å². The average molecular weight is 456 g/mol. The maximum atomic E-state index is 12.8. The molecule has 172 valence electrons. The van der Waals surface area contributed by atoms with Crippen LogP contribution in [0.1, 0.15) is 17.5 Å². The number of nitrogens with zero attached hydrogens (tertiary/aromatic N) is 4. The van der Waals surface area contributed by atoms with E-state index in [0.29, 0.717) is 24.5 Å². The van der Waals surface area contributed by atoms with Gasteiger partial charge < -0.3 is 15.0 Å². The van der Waals surface area contributed by atoms with E-state index < -0.39 is 5.92 Å². The molecule has 0 saturated carbocycles. The van der Waals surface area contributed by atoms with Crippen LogP contribution in [0.4, 0.5) is 5.69 Å². The first-order valence-corrected chi connectivity index (χ1v) is 11.1. The molecule has 1 fully saturated rings. The van der Waals surface area contributed by atoms with Gasteiger partial charge in [-0.2, -0.15) is 0 Å². The number of amides is 2. The van der Waals surface area contributed by atoms with Crippen LogP contribution in [-0.2, 0) is 16.1 Å². The molecule has 2 aromatic carbocycles. The lowest BCUT2D eigenvalue weighted by molar-refractivity contribution is -0.126. The summed E-state index contributed by atoms with van der Waals surface area (Å²) in [6.07, 6.45) is 3.67. The summed E-state index contributed by atoms with van der Waals surface area (Å²) in [6.45, 7) is 2.63. The van der Waals surface area contributed by atoms with Gasteiger partial charge in [-0.25, -0.2) is 9.97 Å². The zero-order valence-corrected chi connectivity index (χ0v) is 19.1. The SMILES string of the molecule is COc1ccc(C)cc1N1CC(C(=O)NCc2ccc(-n3cnc4ccccc43)nc2)CC1=O. The Morgan fingerprint density at radius 1 is 1.15 bits per heavy atom. The average Bonchev–Trinajstić information content (AvgIpc) is 3.46. The monoisotopic (exact) mass is 455 g/mol. The molecule has 0 bridgehead atoms. The molecule has 1 aliphatic heterocycles. The van der Waals surface area contributed by atoms with Crippen molar-refractivity contribution in [3.05, 3.63) is 78.2 Å². The first-order valence-electron chi connectivity index (χ1n) is 11.1. The fourth-order valence-electron chi connectivity index (χ4n) is 4.27. The molecule has 0 spiro atoms. The summed E-state index contributed by atoms with van der Waals surface area (Å²) in [4.78, 5) is 36.0. The van der Waals surface area contributed by atoms with Crippen molar-refractivity contribution in [2.45, 2.75) is 19.9 Å². The normalized spacial score (nSPS) is 15.6. The van der Waals surface area contributed by atoms with Gasteiger partial charge in [-0.05, 0) is 48.4 Å². The number of anilines is 1. The lowest BCUT2D eigenvalue weighted by Crippen LogP contribution is -2.32. The molecule has 34 heavy (non-hydrogen) atoms. The third-order valence-corrected chi connectivity index (χ3v) is 6.10. The van der Waals surface area contributed by atoms with Crippen molar-refractivity contribution in [2.24, 2.45) is 5.92 Å². The Kier molecular flexibility index (Phi) is 5.71. The lowest BCUT2D eigenvalue weighted by Gasteiger charge is -2.20. The maximum Gasteiger partial charge on any atom is 0.227 e. The lowest BCUT2D eigenvalue weighted by atomic mass is 10.1. The molecule has 0 radical (unpaired) electrons. The van der Waals surface area contributed by atoms with Gasteiger partial charge in [0.1, 0.15) is 17.9 Å². The third kappa shape index (κ3) is 4.10. The molecule has 1 atom stereocenters. The van der Waals surface area contributed by atoms with Crippen LogP contribution < -0.4 is 15.0 Å². The van der Waals surface area contributed by atoms with Crippen molar-refractivity contribution in [1.29, 1.82) is 0 Å². The topological polar surface area (TPSA) is 89.3 Å². The molecular formula is C26H25N5O3. The standard InChI is InChI=1S/C26H25N5O3/c1-17-7-9-23(34-2)22(11-17)30-15-19(12-25(30)32)26(33)28-14-18-8-10-24(27-13-18)31-16-29-20-5-3-4-6-21(20)31/h3-11,13,16,19H,12,14-15H2,1-2H3,(H,28,33). The van der Waals surface area contributed by atoms with E-state index in [2.05, 4.69) is 15.3 Å². The molecule has 1 saturated heterocycles. The fourth-order valence-corrected chi connectivity index (χ4v) is 4.27. The van der Waals surface area contributed by atoms with Gasteiger partial charge in [-0.15, -0.1) is 0 Å². The van der Waals surface area contributed by atoms with E-state index in [-0.39, 0.29) is 18.2 Å². The number of imidazole rings is 1. The van der Waals surface area contributed by atoms with Gasteiger partial charge in [-0.3, -0.25) is 14.2 Å². The van der Waals surface area contributed by atoms with Gasteiger partial charge in [0.05, 0.1) is 29.7 Å². The predicted molar refractivity (Wildman–Crippen MR) is 129 cm³/mol. The molecule has 1 N–H and O–H groups in total. The Bertz CT molecular complexity index is 1360. The van der Waals surface area contributed by atoms with Gasteiger partial charge >= 0.3 is 0 Å². The molecule has 2 amide bonds. The summed E-state index contributed by atoms with van der Waals surface area (Å²) >= 11 is 0. The van der Waals surface area contributed by atoms with Crippen LogP contribution in [0.2, 0.25) is 0 Å². The first kappa shape index (κ1) is 21.6. The Morgan fingerprint density at radius 3 is 2.79 bits per heavy atom. The summed E-state index contributed by atoms with van der Waals surface area (Å²) in [5.41, 5.74) is 4.50. The van der Waals surface area contributed by atoms with E-state index >= 15 is 0 Å². The summed E-state index contributed by atoms with van der Waals surface area (Å²) in [5.74, 6) is 0.738. The van der Waals surface area contributed by atoms with Crippen molar-refractivity contribution in [3.63, 3.8) is 0 Å². The van der Waals surface area contributed by atoms with Gasteiger partial charge in [0.2, 0.25) is 11.8 Å². The van der Waals surface area contributed by atoms with Gasteiger partial charge in [-0.1, -0.05) is 24.3 Å². The number of aromatic nitrogens is 3. The van der Waals surface area contributed by atoms with E-state index in [9.17, 15) is 9.59 Å². The van der Waals surface area contributed by atoms with E-state index in [0.717, 1.165) is 28.0 Å². The number of carbonyl (C=O) groups is 2. The number of hydrogen-bond donors (Lipinski definition) is 1. The highest BCUT2D eigenvalue weighted by Gasteiger charge is 2.36. The number of fused-ring (bicyclic) bond motifs is 1. The van der Waals surface area contributed by atoms with Crippen molar-refractivity contribution in [3.8, 4) is 11.6 Å². The molecule has 0 aliphatic carbocycles. The molecule has 3 heterocycles. The van der Waals surface area contributed by atoms with Crippen molar-refractivity contribution < 1.29 is 14.3 Å². The number of methoxy groups -OCH3 is 1. The number of ether oxygens (including phenoxy) is 1. The van der Waals surface area contributed by atoms with Gasteiger partial charge in [0.15, 0.2) is 0 Å². The van der Waals surface area contributed by atoms with Crippen LogP contribution in [0.3, 0.4) is 0 Å². The summed E-state index contributed by atoms with van der Waals surface area (Å²) < 4.78 is 7.34. The minimum Gasteiger partial charge on any atom is -0.495 e. The zero-order valence-electron chi connectivity index (χ0n) is 19.1. The van der Waals surface area contributed by atoms with Crippen LogP contribution in [0.5, 0.6) is 5.75 Å². The first-order chi connectivity index (χ1) is 16.5. The second kappa shape index (κ2) is 8.97. The maximum absolute atomic E-state index is 12.8. The second-order valence-electron chi connectivity index (χ2n) is 8.43. The highest BCUT2D eigenvalue weighted by atomic mass is 16.5. The molecule has 5 rings (SSSR count). The summed E-state index contributed by atoms with van der Waals surface area (Å²) in [5, 5.41) is 2.95. The minimum atomic E-state index is -0.415. The molecule has 8 heteroatoms. The predicted octanol–water partition coefficient (Wildman–Crippen LogP) is 3.41. The van der Waals surface area contributed by atoms with E-state index in [1.54, 1.807) is 24.5 Å². The molecular weight excluding hydrogens is 430 g/mol. The number of pyridine rings is 1. The summed E-state index contributed by atoms with van der Waals surface area (Å²) in [7, 11) is 1.58. The van der Waals surface area contributed by atoms with E-state index in [4.69, 9.17) is 4.74 Å². The van der Waals surface area contributed by atoms with E-state index in [1.165, 1.54) is 0 Å². The number of para-hydroxylation sites is 2. The number of benzene rings is 2. The second-order valence-corrected chi connectivity index (χ2v) is 8.43. The van der Waals surface area contributed by atoms with Crippen molar-refractivity contribution in [2.75, 3.05) is 18.6 Å². The quantitative estimate of drug-likeness (QED) is 0.481. The number of hydrogen-bond acceptors (Lipinski definition) is 5. The zero-order chi connectivity index (χ0) is 23.7. The number of carbonyl (C=O) groups excluding carboxylic acids is 2. The number of nitrogens with one attached hydrogen (secondary N) is 1. The molecule has 1 aliphatic rings. The highest BCUT2D eigenvalue weighted by molar-refractivity contribution is 6.01. The fraction of sp³-hybridized carbons (Fsp3) is 0.231. The minimum absolute atomic E-state index is 0.0809. The number of aryl methyl sites for hydroxylation is 1. The van der Waals surface area contributed by atoms with Crippen molar-refractivity contribution >= 4 is 28.5 Å². The van der Waals surface area contributed by atoms with Gasteiger partial charge in [0, 0.05) is 25.7 Å². The third-order valence-electron chi connectivity index (χ3n) is 6.10. The number of rotatable bonds is 6. The Labute approximate surface area is 197 Å². The molecule has 2 aromatic heterocycles. The van der Waals surface area contributed by atoms with Crippen LogP contribution in [0.25, 0.3) is 16.9 Å². The Balaban J connectivity index is 1.23. The molecule has 4 aromatic rings. The van der Waals surface area contributed by atoms with Crippen LogP contribution >= 0.6 is 0 Å². The van der Waals surface area contributed by atoms with Crippen molar-refractivity contribution in [1.82, 2.24) is 19.9 Å². The van der Waals surface area contributed by atoms with Crippen LogP contribution in [-0.4, -0.2) is 40.0 Å². The molecule has 1 unspecified atom stereocenters. The smallest absolute Gasteiger partial charge is 0.227 e. The largest absolute Gasteiger partial charge is 0.495 e. The van der Waals surface area contributed by atoms with Crippen LogP contribution in [0, 0.1) is 12.8 Å². The molecule has 8 nitrogen and oxygen atoms in total. The van der Waals surface area contributed by atoms with Gasteiger partial charge in [0.25, 0.3) is 0 Å². The Hall–Kier alpha value is -4.20. The highest BCUT2D eigenvalue weighted by Crippen LogP contribution is 2.34. The Morgan fingerprint density at radius 2 is 2.00 bits per heavy atom. The summed E-state index contributed by atoms with van der Waals surface area (Å²) in [6, 6.07) is 17.4.